The molecule has 0 saturated heterocycles. The Morgan fingerprint density at radius 1 is 1.18 bits per heavy atom. The molecule has 0 spiro atoms. The molecule has 1 N–H and O–H groups in total. The topological polar surface area (TPSA) is 130 Å². The number of rotatable bonds is 0. The molecule has 0 heterocycles. The molecule has 11 heavy (non-hydrogen) atoms. The van der Waals surface area contributed by atoms with Gasteiger partial charge < -0.3 is 20.8 Å². The van der Waals surface area contributed by atoms with Gasteiger partial charge in [0.25, 0.3) is 0 Å². The summed E-state index contributed by atoms with van der Waals surface area (Å²) >= 11 is 4.32. The standard InChI is InChI=1S/Ag.Al.Mg.NO3.Ni.H2O.2O/c;;;2-1(3)4;;;;/h;;;;;1H2;;/q;+3;+2;-1;;;;/p-1. The molecule has 65 valence electrons. The molecular weight excluding hydrogens is 328 g/mol. The fourth-order valence-electron chi connectivity index (χ4n) is 0. The Morgan fingerprint density at radius 3 is 1.18 bits per heavy atom. The zero-order valence-electron chi connectivity index (χ0n) is 4.84. The Kier molecular flexibility index (Phi) is 234. The average Bonchev–Trinajstić information content (AvgIpc) is 1.75. The van der Waals surface area contributed by atoms with E-state index in [-0.39, 0.29) is 45.9 Å². The normalized spacial score (nSPS) is 3.27. The van der Waals surface area contributed by atoms with Gasteiger partial charge in [-0.15, -0.1) is 0 Å². The second-order valence-corrected chi connectivity index (χ2v) is 0.224. The van der Waals surface area contributed by atoms with Crippen molar-refractivity contribution in [3.63, 3.8) is 0 Å². The third kappa shape index (κ3) is 584. The van der Waals surface area contributed by atoms with Gasteiger partial charge in [-0.2, -0.15) is 0 Å². The Bertz CT molecular complexity index is 60.5. The number of nitrogens with zero attached hydrogens (tertiary/aromatic N) is 1. The minimum atomic E-state index is -1.75. The molecule has 0 aromatic carbocycles. The maximum atomic E-state index is 8.25. The van der Waals surface area contributed by atoms with Gasteiger partial charge in [0.1, 0.15) is 0 Å². The summed E-state index contributed by atoms with van der Waals surface area (Å²) in [5, 5.41) is 14.8. The summed E-state index contributed by atoms with van der Waals surface area (Å²) in [5.74, 6) is 0. The van der Waals surface area contributed by atoms with E-state index in [0.29, 0.717) is 0 Å². The molecule has 0 atom stereocenters. The third-order valence-electron chi connectivity index (χ3n) is 0. The second kappa shape index (κ2) is 64.9. The summed E-state index contributed by atoms with van der Waals surface area (Å²) in [7, 11) is 0. The Balaban J connectivity index is -0.00000000813. The first-order chi connectivity index (χ1) is 3.73. The van der Waals surface area contributed by atoms with Gasteiger partial charge in [-0.05, 0) is 0 Å². The van der Waals surface area contributed by atoms with E-state index in [1.54, 1.807) is 21.0 Å². The van der Waals surface area contributed by atoms with Crippen LogP contribution in [0.1, 0.15) is 0 Å². The first kappa shape index (κ1) is 39.6. The van der Waals surface area contributed by atoms with E-state index in [0.717, 1.165) is 0 Å². The molecule has 0 fully saturated rings. The fourth-order valence-corrected chi connectivity index (χ4v) is 0. The molecule has 0 aromatic rings. The molecule has 0 amide bonds. The second-order valence-electron chi connectivity index (χ2n) is 0.224. The molecule has 11 heteroatoms. The van der Waals surface area contributed by atoms with Gasteiger partial charge in [-0.3, -0.25) is 0 Å². The molecule has 0 aliphatic heterocycles. The summed E-state index contributed by atoms with van der Waals surface area (Å²) in [4.78, 5) is 8.25. The van der Waals surface area contributed by atoms with E-state index < -0.39 is 5.09 Å². The van der Waals surface area contributed by atoms with Gasteiger partial charge in [0.2, 0.25) is 0 Å². The first-order valence-corrected chi connectivity index (χ1v) is 1.81. The van der Waals surface area contributed by atoms with E-state index >= 15 is 0 Å². The number of hydrogen-bond acceptors (Lipinski definition) is 6. The van der Waals surface area contributed by atoms with Crippen LogP contribution in [0.2, 0.25) is 0 Å². The zero-order valence-corrected chi connectivity index (χ0v) is 9.88. The summed E-state index contributed by atoms with van der Waals surface area (Å²) in [6.07, 6.45) is 0. The van der Waals surface area contributed by atoms with Crippen LogP contribution in [-0.4, -0.2) is 51.0 Å². The Labute approximate surface area is 109 Å². The zero-order chi connectivity index (χ0) is 7.58. The molecule has 7 nitrogen and oxygen atoms in total. The van der Waals surface area contributed by atoms with Crippen molar-refractivity contribution in [1.82, 2.24) is 0 Å². The molecule has 0 bridgehead atoms. The van der Waals surface area contributed by atoms with E-state index in [9.17, 15) is 0 Å². The number of hydrogen-bond donors (Lipinski definition) is 0. The van der Waals surface area contributed by atoms with Crippen molar-refractivity contribution in [3.8, 4) is 0 Å². The minimum absolute atomic E-state index is 0. The molecule has 0 saturated carbocycles. The van der Waals surface area contributed by atoms with Crippen LogP contribution < -0.4 is 0 Å². The summed E-state index contributed by atoms with van der Waals surface area (Å²) in [5.41, 5.74) is 0. The van der Waals surface area contributed by atoms with Crippen LogP contribution in [0.25, 0.3) is 0 Å². The van der Waals surface area contributed by atoms with Crippen molar-refractivity contribution >= 4 is 40.4 Å². The first-order valence-electron chi connectivity index (χ1n) is 0.800. The van der Waals surface area contributed by atoms with E-state index in [1.165, 1.54) is 0 Å². The summed E-state index contributed by atoms with van der Waals surface area (Å²) < 4.78 is 15.9. The van der Waals surface area contributed by atoms with Crippen LogP contribution in [0.15, 0.2) is 0 Å². The Morgan fingerprint density at radius 2 is 1.18 bits per heavy atom. The van der Waals surface area contributed by atoms with Gasteiger partial charge in [0.05, 0.1) is 5.09 Å². The van der Waals surface area contributed by atoms with Crippen LogP contribution in [-0.2, 0) is 43.6 Å². The van der Waals surface area contributed by atoms with Crippen LogP contribution >= 0.6 is 0 Å². The average molecular weight is 329 g/mol. The van der Waals surface area contributed by atoms with Crippen molar-refractivity contribution < 1.29 is 54.1 Å². The molecule has 0 aromatic heterocycles. The Hall–Kier alpha value is 1.29. The maximum absolute atomic E-state index is 8.25. The van der Waals surface area contributed by atoms with Crippen LogP contribution in [0.3, 0.4) is 0 Å². The van der Waals surface area contributed by atoms with E-state index in [2.05, 4.69) is 15.4 Å². The van der Waals surface area contributed by atoms with Crippen molar-refractivity contribution in [2.75, 3.05) is 0 Å². The van der Waals surface area contributed by atoms with Crippen molar-refractivity contribution in [1.29, 1.82) is 0 Å². The van der Waals surface area contributed by atoms with Crippen molar-refractivity contribution in [2.24, 2.45) is 0 Å². The molecule has 0 radical (unpaired) electrons. The van der Waals surface area contributed by atoms with Gasteiger partial charge in [0, 0.05) is 0 Å². The molecule has 0 unspecified atom stereocenters. The molecule has 0 rings (SSSR count). The summed E-state index contributed by atoms with van der Waals surface area (Å²) in [6.45, 7) is 0. The van der Waals surface area contributed by atoms with E-state index in [1.807, 2.05) is 0 Å². The SMILES string of the molecule is O=[N+]([O-])[O-].[Al+3].[Mg+2].[OH-].[O]=[Ag].[O]=[Ni]. The van der Waals surface area contributed by atoms with Gasteiger partial charge in [0.15, 0.2) is 0 Å². The van der Waals surface area contributed by atoms with Crippen LogP contribution in [0.5, 0.6) is 0 Å². The molecule has 0 aliphatic carbocycles. The van der Waals surface area contributed by atoms with Gasteiger partial charge >= 0.3 is 84.0 Å². The predicted octanol–water partition coefficient (Wildman–Crippen LogP) is -1.42. The quantitative estimate of drug-likeness (QED) is 0.304. The predicted molar refractivity (Wildman–Crippen MR) is 25.2 cm³/mol. The van der Waals surface area contributed by atoms with Crippen LogP contribution in [0, 0.1) is 15.3 Å². The van der Waals surface area contributed by atoms with Gasteiger partial charge in [-0.1, -0.05) is 0 Å². The van der Waals surface area contributed by atoms with Gasteiger partial charge in [-0.25, -0.2) is 0 Å². The summed E-state index contributed by atoms with van der Waals surface area (Å²) in [6, 6.07) is 0. The molecule has 0 aliphatic rings. The van der Waals surface area contributed by atoms with Crippen molar-refractivity contribution in [2.45, 2.75) is 0 Å². The fraction of sp³-hybridized carbons (Fsp3) is 0. The monoisotopic (exact) mass is 327 g/mol. The third-order valence-corrected chi connectivity index (χ3v) is 0. The van der Waals surface area contributed by atoms with Crippen molar-refractivity contribution in [3.05, 3.63) is 15.3 Å². The molecular formula is HAgAlMgNNiO6+3. The van der Waals surface area contributed by atoms with Crippen LogP contribution in [0.4, 0.5) is 0 Å². The van der Waals surface area contributed by atoms with E-state index in [4.69, 9.17) is 22.5 Å².